The van der Waals surface area contributed by atoms with E-state index in [0.29, 0.717) is 47.1 Å². The number of anilines is 1. The lowest BCUT2D eigenvalue weighted by Crippen LogP contribution is -2.21. The van der Waals surface area contributed by atoms with Crippen LogP contribution >= 0.6 is 23.2 Å². The fraction of sp³-hybridized carbons (Fsp3) is 0.278. The van der Waals surface area contributed by atoms with Crippen LogP contribution in [0.3, 0.4) is 0 Å². The van der Waals surface area contributed by atoms with Crippen molar-refractivity contribution < 1.29 is 19.0 Å². The Bertz CT molecular complexity index is 709. The number of amides is 1. The molecule has 0 unspecified atom stereocenters. The highest BCUT2D eigenvalue weighted by molar-refractivity contribution is 6.35. The summed E-state index contributed by atoms with van der Waals surface area (Å²) in [5.74, 6) is 0.634. The molecule has 2 aromatic carbocycles. The molecule has 0 heterocycles. The lowest BCUT2D eigenvalue weighted by Gasteiger charge is -2.13. The molecule has 0 aromatic heterocycles. The average molecular weight is 384 g/mol. The zero-order valence-electron chi connectivity index (χ0n) is 13.8. The molecule has 7 heteroatoms. The first-order valence-corrected chi connectivity index (χ1v) is 8.53. The van der Waals surface area contributed by atoms with Crippen LogP contribution in [-0.4, -0.2) is 32.3 Å². The second-order valence-corrected chi connectivity index (χ2v) is 5.80. The van der Waals surface area contributed by atoms with E-state index in [2.05, 4.69) is 5.32 Å². The Hall–Kier alpha value is -1.95. The van der Waals surface area contributed by atoms with E-state index in [1.807, 2.05) is 19.1 Å². The Morgan fingerprint density at radius 2 is 1.84 bits per heavy atom. The van der Waals surface area contributed by atoms with Crippen LogP contribution in [-0.2, 0) is 9.53 Å². The Morgan fingerprint density at radius 1 is 1.04 bits per heavy atom. The molecule has 0 radical (unpaired) electrons. The van der Waals surface area contributed by atoms with Gasteiger partial charge in [-0.1, -0.05) is 35.3 Å². The molecule has 1 amide bonds. The van der Waals surface area contributed by atoms with E-state index in [1.54, 1.807) is 30.3 Å². The predicted molar refractivity (Wildman–Crippen MR) is 99.0 cm³/mol. The maximum absolute atomic E-state index is 12.1. The number of nitrogens with one attached hydrogen (secondary N) is 1. The summed E-state index contributed by atoms with van der Waals surface area (Å²) in [6.07, 6.45) is 0. The van der Waals surface area contributed by atoms with Crippen molar-refractivity contribution in [3.63, 3.8) is 0 Å². The number of rotatable bonds is 9. The number of hydrogen-bond donors (Lipinski definition) is 1. The quantitative estimate of drug-likeness (QED) is 0.650. The van der Waals surface area contributed by atoms with E-state index in [1.165, 1.54) is 0 Å². The van der Waals surface area contributed by atoms with Gasteiger partial charge >= 0.3 is 0 Å². The van der Waals surface area contributed by atoms with E-state index in [0.717, 1.165) is 0 Å². The molecular formula is C18H19Cl2NO4. The molecule has 25 heavy (non-hydrogen) atoms. The van der Waals surface area contributed by atoms with E-state index in [9.17, 15) is 4.79 Å². The van der Waals surface area contributed by atoms with Crippen LogP contribution in [0.4, 0.5) is 5.69 Å². The van der Waals surface area contributed by atoms with Gasteiger partial charge in [-0.05, 0) is 37.3 Å². The van der Waals surface area contributed by atoms with Crippen LogP contribution in [0.25, 0.3) is 0 Å². The minimum Gasteiger partial charge on any atom is -0.489 e. The number of benzene rings is 2. The van der Waals surface area contributed by atoms with Gasteiger partial charge in [0.05, 0.1) is 17.3 Å². The molecular weight excluding hydrogens is 365 g/mol. The van der Waals surface area contributed by atoms with Crippen LogP contribution in [0.1, 0.15) is 6.92 Å². The average Bonchev–Trinajstić information content (AvgIpc) is 2.59. The zero-order valence-corrected chi connectivity index (χ0v) is 15.3. The Kier molecular flexibility index (Phi) is 7.85. The minimum absolute atomic E-state index is 0.186. The molecule has 0 spiro atoms. The third-order valence-electron chi connectivity index (χ3n) is 3.10. The van der Waals surface area contributed by atoms with Crippen molar-refractivity contribution in [2.45, 2.75) is 6.92 Å². The van der Waals surface area contributed by atoms with Gasteiger partial charge in [-0.2, -0.15) is 0 Å². The normalized spacial score (nSPS) is 10.4. The van der Waals surface area contributed by atoms with Gasteiger partial charge in [0, 0.05) is 11.6 Å². The highest BCUT2D eigenvalue weighted by Gasteiger charge is 2.10. The summed E-state index contributed by atoms with van der Waals surface area (Å²) in [4.78, 5) is 12.1. The monoisotopic (exact) mass is 383 g/mol. The SMILES string of the molecule is CCOCCOc1ccccc1NC(=O)COc1ccc(Cl)cc1Cl. The van der Waals surface area contributed by atoms with Crippen molar-refractivity contribution in [3.05, 3.63) is 52.5 Å². The highest BCUT2D eigenvalue weighted by atomic mass is 35.5. The van der Waals surface area contributed by atoms with E-state index in [-0.39, 0.29) is 12.5 Å². The van der Waals surface area contributed by atoms with Crippen LogP contribution in [0.15, 0.2) is 42.5 Å². The van der Waals surface area contributed by atoms with Gasteiger partial charge in [-0.3, -0.25) is 4.79 Å². The maximum Gasteiger partial charge on any atom is 0.262 e. The molecule has 134 valence electrons. The Morgan fingerprint density at radius 3 is 2.60 bits per heavy atom. The van der Waals surface area contributed by atoms with Gasteiger partial charge in [0.2, 0.25) is 0 Å². The van der Waals surface area contributed by atoms with Crippen LogP contribution in [0.5, 0.6) is 11.5 Å². The van der Waals surface area contributed by atoms with Gasteiger partial charge < -0.3 is 19.5 Å². The second-order valence-electron chi connectivity index (χ2n) is 4.95. The van der Waals surface area contributed by atoms with Crippen LogP contribution in [0, 0.1) is 0 Å². The largest absolute Gasteiger partial charge is 0.489 e. The van der Waals surface area contributed by atoms with Gasteiger partial charge in [-0.15, -0.1) is 0 Å². The first kappa shape index (κ1) is 19.4. The van der Waals surface area contributed by atoms with Crippen molar-refractivity contribution in [1.82, 2.24) is 0 Å². The van der Waals surface area contributed by atoms with E-state index < -0.39 is 0 Å². The summed E-state index contributed by atoms with van der Waals surface area (Å²) in [7, 11) is 0. The van der Waals surface area contributed by atoms with Crippen molar-refractivity contribution in [3.8, 4) is 11.5 Å². The fourth-order valence-corrected chi connectivity index (χ4v) is 2.44. The van der Waals surface area contributed by atoms with Gasteiger partial charge in [0.25, 0.3) is 5.91 Å². The summed E-state index contributed by atoms with van der Waals surface area (Å²) < 4.78 is 16.3. The number of para-hydroxylation sites is 2. The smallest absolute Gasteiger partial charge is 0.262 e. The topological polar surface area (TPSA) is 56.8 Å². The number of carbonyl (C=O) groups excluding carboxylic acids is 1. The Labute approximate surface area is 156 Å². The van der Waals surface area contributed by atoms with Gasteiger partial charge in [0.1, 0.15) is 18.1 Å². The molecule has 0 fully saturated rings. The number of ether oxygens (including phenoxy) is 3. The van der Waals surface area contributed by atoms with Crippen LogP contribution in [0.2, 0.25) is 10.0 Å². The molecule has 2 aromatic rings. The minimum atomic E-state index is -0.327. The second kappa shape index (κ2) is 10.1. The number of halogens is 2. The van der Waals surface area contributed by atoms with E-state index >= 15 is 0 Å². The third kappa shape index (κ3) is 6.46. The van der Waals surface area contributed by atoms with E-state index in [4.69, 9.17) is 37.4 Å². The fourth-order valence-electron chi connectivity index (χ4n) is 1.97. The van der Waals surface area contributed by atoms with Crippen molar-refractivity contribution in [2.75, 3.05) is 31.7 Å². The summed E-state index contributed by atoms with van der Waals surface area (Å²) in [6.45, 7) is 3.25. The van der Waals surface area contributed by atoms with Gasteiger partial charge in [0.15, 0.2) is 6.61 Å². The summed E-state index contributed by atoms with van der Waals surface area (Å²) >= 11 is 11.8. The molecule has 0 aliphatic heterocycles. The summed E-state index contributed by atoms with van der Waals surface area (Å²) in [6, 6.07) is 12.0. The number of carbonyl (C=O) groups is 1. The summed E-state index contributed by atoms with van der Waals surface area (Å²) in [5.41, 5.74) is 0.565. The summed E-state index contributed by atoms with van der Waals surface area (Å²) in [5, 5.41) is 3.60. The molecule has 0 saturated heterocycles. The first-order valence-electron chi connectivity index (χ1n) is 7.77. The molecule has 1 N–H and O–H groups in total. The standard InChI is InChI=1S/C18H19Cl2NO4/c1-2-23-9-10-24-17-6-4-3-5-15(17)21-18(22)12-25-16-8-7-13(19)11-14(16)20/h3-8,11H,2,9-10,12H2,1H3,(H,21,22). The molecule has 5 nitrogen and oxygen atoms in total. The maximum atomic E-state index is 12.1. The molecule has 0 atom stereocenters. The van der Waals surface area contributed by atoms with Crippen LogP contribution < -0.4 is 14.8 Å². The number of hydrogen-bond acceptors (Lipinski definition) is 4. The molecule has 0 bridgehead atoms. The lowest BCUT2D eigenvalue weighted by molar-refractivity contribution is -0.118. The molecule has 0 saturated carbocycles. The van der Waals surface area contributed by atoms with Crippen molar-refractivity contribution >= 4 is 34.8 Å². The predicted octanol–water partition coefficient (Wildman–Crippen LogP) is 4.43. The zero-order chi connectivity index (χ0) is 18.1. The molecule has 0 aliphatic carbocycles. The highest BCUT2D eigenvalue weighted by Crippen LogP contribution is 2.28. The first-order chi connectivity index (χ1) is 12.1. The third-order valence-corrected chi connectivity index (χ3v) is 3.63. The molecule has 2 rings (SSSR count). The molecule has 0 aliphatic rings. The van der Waals surface area contributed by atoms with Crippen molar-refractivity contribution in [2.24, 2.45) is 0 Å². The van der Waals surface area contributed by atoms with Gasteiger partial charge in [-0.25, -0.2) is 0 Å². The van der Waals surface area contributed by atoms with Crippen molar-refractivity contribution in [1.29, 1.82) is 0 Å². The lowest BCUT2D eigenvalue weighted by atomic mass is 10.3. The Balaban J connectivity index is 1.89.